The summed E-state index contributed by atoms with van der Waals surface area (Å²) in [4.78, 5) is 27.3. The number of hydrogen-bond acceptors (Lipinski definition) is 5. The number of aromatic nitrogens is 3. The van der Waals surface area contributed by atoms with Gasteiger partial charge in [0.15, 0.2) is 5.69 Å². The van der Waals surface area contributed by atoms with E-state index in [1.54, 1.807) is 4.90 Å². The van der Waals surface area contributed by atoms with E-state index in [0.29, 0.717) is 18.8 Å². The number of halogens is 1. The van der Waals surface area contributed by atoms with Gasteiger partial charge >= 0.3 is 0 Å². The number of benzene rings is 1. The second kappa shape index (κ2) is 9.37. The molecule has 9 heteroatoms. The molecule has 156 valence electrons. The van der Waals surface area contributed by atoms with Crippen LogP contribution in [0.1, 0.15) is 53.1 Å². The maximum atomic E-state index is 13.4. The molecule has 8 nitrogen and oxygen atoms in total. The third-order valence-corrected chi connectivity index (χ3v) is 5.66. The van der Waals surface area contributed by atoms with Gasteiger partial charge in [-0.1, -0.05) is 35.5 Å². The molecule has 0 radical (unpaired) electrons. The molecule has 1 unspecified atom stereocenters. The minimum Gasteiger partial charge on any atom is -0.354 e. The van der Waals surface area contributed by atoms with Crippen molar-refractivity contribution in [3.05, 3.63) is 47.3 Å². The van der Waals surface area contributed by atoms with Gasteiger partial charge in [-0.3, -0.25) is 9.59 Å². The summed E-state index contributed by atoms with van der Waals surface area (Å²) in [6, 6.07) is 9.68. The third-order valence-electron chi connectivity index (χ3n) is 5.66. The highest BCUT2D eigenvalue weighted by Crippen LogP contribution is 2.28. The second-order valence-electron chi connectivity index (χ2n) is 7.43. The summed E-state index contributed by atoms with van der Waals surface area (Å²) in [5.74, 6) is -0.206. The average Bonchev–Trinajstić information content (AvgIpc) is 3.00. The number of amides is 2. The van der Waals surface area contributed by atoms with Crippen LogP contribution in [0.15, 0.2) is 30.3 Å². The Morgan fingerprint density at radius 3 is 2.59 bits per heavy atom. The van der Waals surface area contributed by atoms with Gasteiger partial charge in [0.2, 0.25) is 5.91 Å². The Hall–Kier alpha value is -2.45. The van der Waals surface area contributed by atoms with E-state index in [4.69, 9.17) is 0 Å². The standard InChI is InChI=1S/C20H26N6O2.ClH/c1-14-19(23-24-26(14)16-7-9-21-10-8-16)20(28)25-12-11-22-18(27)13-17(25)15-5-3-2-4-6-15;/h2-6,16-17,21H,7-13H2,1H3,(H,22,27);1H. The van der Waals surface area contributed by atoms with Crippen molar-refractivity contribution in [1.29, 1.82) is 0 Å². The van der Waals surface area contributed by atoms with E-state index >= 15 is 0 Å². The van der Waals surface area contributed by atoms with Crippen LogP contribution in [-0.2, 0) is 4.79 Å². The molecular formula is C20H27ClN6O2. The van der Waals surface area contributed by atoms with Gasteiger partial charge in [-0.2, -0.15) is 0 Å². The van der Waals surface area contributed by atoms with Gasteiger partial charge in [-0.15, -0.1) is 17.5 Å². The first-order valence-corrected chi connectivity index (χ1v) is 9.90. The fraction of sp³-hybridized carbons (Fsp3) is 0.500. The van der Waals surface area contributed by atoms with E-state index in [9.17, 15) is 9.59 Å². The van der Waals surface area contributed by atoms with Gasteiger partial charge in [-0.25, -0.2) is 4.68 Å². The summed E-state index contributed by atoms with van der Waals surface area (Å²) in [6.07, 6.45) is 2.20. The van der Waals surface area contributed by atoms with E-state index in [-0.39, 0.29) is 42.7 Å². The van der Waals surface area contributed by atoms with E-state index < -0.39 is 0 Å². The van der Waals surface area contributed by atoms with Crippen molar-refractivity contribution in [1.82, 2.24) is 30.5 Å². The molecule has 3 heterocycles. The number of carbonyl (C=O) groups is 2. The van der Waals surface area contributed by atoms with E-state index in [0.717, 1.165) is 37.2 Å². The van der Waals surface area contributed by atoms with Gasteiger partial charge in [-0.05, 0) is 38.4 Å². The number of carbonyl (C=O) groups excluding carboxylic acids is 2. The lowest BCUT2D eigenvalue weighted by Crippen LogP contribution is -2.37. The monoisotopic (exact) mass is 418 g/mol. The van der Waals surface area contributed by atoms with Gasteiger partial charge in [0.25, 0.3) is 5.91 Å². The van der Waals surface area contributed by atoms with E-state index in [1.807, 2.05) is 41.9 Å². The van der Waals surface area contributed by atoms with Crippen LogP contribution in [0.2, 0.25) is 0 Å². The number of rotatable bonds is 3. The number of nitrogens with zero attached hydrogens (tertiary/aromatic N) is 4. The highest BCUT2D eigenvalue weighted by molar-refractivity contribution is 5.94. The van der Waals surface area contributed by atoms with Crippen LogP contribution in [0, 0.1) is 6.92 Å². The predicted octanol–water partition coefficient (Wildman–Crippen LogP) is 1.64. The maximum absolute atomic E-state index is 13.4. The van der Waals surface area contributed by atoms with Crippen molar-refractivity contribution in [2.45, 2.75) is 38.3 Å². The zero-order chi connectivity index (χ0) is 19.5. The lowest BCUT2D eigenvalue weighted by Gasteiger charge is -2.29. The van der Waals surface area contributed by atoms with Crippen molar-refractivity contribution in [2.75, 3.05) is 26.2 Å². The molecule has 0 spiro atoms. The van der Waals surface area contributed by atoms with Crippen molar-refractivity contribution in [2.24, 2.45) is 0 Å². The molecule has 1 aromatic heterocycles. The Labute approximate surface area is 176 Å². The Kier molecular flexibility index (Phi) is 6.87. The van der Waals surface area contributed by atoms with Crippen molar-refractivity contribution in [3.63, 3.8) is 0 Å². The third kappa shape index (κ3) is 4.43. The predicted molar refractivity (Wildman–Crippen MR) is 111 cm³/mol. The largest absolute Gasteiger partial charge is 0.354 e. The highest BCUT2D eigenvalue weighted by atomic mass is 35.5. The molecule has 29 heavy (non-hydrogen) atoms. The quantitative estimate of drug-likeness (QED) is 0.790. The Bertz CT molecular complexity index is 850. The summed E-state index contributed by atoms with van der Waals surface area (Å²) >= 11 is 0. The van der Waals surface area contributed by atoms with E-state index in [2.05, 4.69) is 20.9 Å². The normalized spacial score (nSPS) is 20.5. The fourth-order valence-electron chi connectivity index (χ4n) is 4.12. The lowest BCUT2D eigenvalue weighted by atomic mass is 10.0. The van der Waals surface area contributed by atoms with Crippen molar-refractivity contribution >= 4 is 24.2 Å². The van der Waals surface area contributed by atoms with Crippen LogP contribution in [-0.4, -0.2) is 57.9 Å². The summed E-state index contributed by atoms with van der Waals surface area (Å²) in [7, 11) is 0. The van der Waals surface area contributed by atoms with Crippen molar-refractivity contribution in [3.8, 4) is 0 Å². The molecule has 4 rings (SSSR count). The summed E-state index contributed by atoms with van der Waals surface area (Å²) in [6.45, 7) is 4.69. The number of hydrogen-bond donors (Lipinski definition) is 2. The molecule has 1 aromatic carbocycles. The summed E-state index contributed by atoms with van der Waals surface area (Å²) < 4.78 is 1.90. The first kappa shape index (κ1) is 21.3. The Morgan fingerprint density at radius 2 is 1.86 bits per heavy atom. The molecule has 0 aliphatic carbocycles. The van der Waals surface area contributed by atoms with Gasteiger partial charge in [0.1, 0.15) is 0 Å². The minimum absolute atomic E-state index is 0. The molecule has 2 aliphatic heterocycles. The van der Waals surface area contributed by atoms with Gasteiger partial charge in [0, 0.05) is 13.1 Å². The zero-order valence-electron chi connectivity index (χ0n) is 16.5. The average molecular weight is 419 g/mol. The molecule has 2 saturated heterocycles. The highest BCUT2D eigenvalue weighted by Gasteiger charge is 2.33. The molecule has 0 saturated carbocycles. The van der Waals surface area contributed by atoms with E-state index in [1.165, 1.54) is 0 Å². The number of nitrogens with one attached hydrogen (secondary N) is 2. The minimum atomic E-state index is -0.306. The van der Waals surface area contributed by atoms with Gasteiger partial charge in [0.05, 0.1) is 24.2 Å². The van der Waals surface area contributed by atoms with Crippen LogP contribution < -0.4 is 10.6 Å². The fourth-order valence-corrected chi connectivity index (χ4v) is 4.12. The molecule has 2 N–H and O–H groups in total. The maximum Gasteiger partial charge on any atom is 0.276 e. The van der Waals surface area contributed by atoms with Crippen molar-refractivity contribution < 1.29 is 9.59 Å². The second-order valence-corrected chi connectivity index (χ2v) is 7.43. The molecule has 0 bridgehead atoms. The van der Waals surface area contributed by atoms with Crippen LogP contribution >= 0.6 is 12.4 Å². The van der Waals surface area contributed by atoms with Crippen LogP contribution in [0.4, 0.5) is 0 Å². The van der Waals surface area contributed by atoms with Crippen LogP contribution in [0.5, 0.6) is 0 Å². The molecular weight excluding hydrogens is 392 g/mol. The molecule has 2 fully saturated rings. The smallest absolute Gasteiger partial charge is 0.276 e. The van der Waals surface area contributed by atoms with Gasteiger partial charge < -0.3 is 15.5 Å². The van der Waals surface area contributed by atoms with Crippen LogP contribution in [0.25, 0.3) is 0 Å². The number of piperidine rings is 1. The van der Waals surface area contributed by atoms with Crippen LogP contribution in [0.3, 0.4) is 0 Å². The summed E-state index contributed by atoms with van der Waals surface area (Å²) in [5.41, 5.74) is 2.14. The molecule has 1 atom stereocenters. The molecule has 2 aromatic rings. The SMILES string of the molecule is Cc1c(C(=O)N2CCNC(=O)CC2c2ccccc2)nnn1C1CCNCC1.Cl. The lowest BCUT2D eigenvalue weighted by molar-refractivity contribution is -0.121. The Morgan fingerprint density at radius 1 is 1.14 bits per heavy atom. The molecule has 2 aliphatic rings. The Balaban J connectivity index is 0.00000240. The first-order chi connectivity index (χ1) is 13.6. The first-order valence-electron chi connectivity index (χ1n) is 9.90. The topological polar surface area (TPSA) is 92.2 Å². The zero-order valence-corrected chi connectivity index (χ0v) is 17.3. The molecule has 2 amide bonds. The summed E-state index contributed by atoms with van der Waals surface area (Å²) in [5, 5.41) is 14.8.